The van der Waals surface area contributed by atoms with E-state index in [1.807, 2.05) is 0 Å². The summed E-state index contributed by atoms with van der Waals surface area (Å²) in [6, 6.07) is 8.49. The first kappa shape index (κ1) is 11.8. The van der Waals surface area contributed by atoms with Crippen molar-refractivity contribution in [3.8, 4) is 11.8 Å². The van der Waals surface area contributed by atoms with Gasteiger partial charge in [-0.05, 0) is 30.0 Å². The molecule has 1 aromatic rings. The SMILES string of the molecule is CC(C)Cc1ccc(C#CCCN)cc1. The van der Waals surface area contributed by atoms with Crippen molar-refractivity contribution >= 4 is 0 Å². The zero-order valence-corrected chi connectivity index (χ0v) is 9.59. The summed E-state index contributed by atoms with van der Waals surface area (Å²) in [4.78, 5) is 0. The first-order valence-electron chi connectivity index (χ1n) is 5.50. The van der Waals surface area contributed by atoms with Gasteiger partial charge in [0.25, 0.3) is 0 Å². The highest BCUT2D eigenvalue weighted by molar-refractivity contribution is 5.36. The van der Waals surface area contributed by atoms with E-state index in [9.17, 15) is 0 Å². The smallest absolute Gasteiger partial charge is 0.0245 e. The van der Waals surface area contributed by atoms with E-state index >= 15 is 0 Å². The molecule has 15 heavy (non-hydrogen) atoms. The van der Waals surface area contributed by atoms with E-state index < -0.39 is 0 Å². The Bertz CT molecular complexity index is 338. The molecule has 0 spiro atoms. The van der Waals surface area contributed by atoms with Crippen LogP contribution in [-0.4, -0.2) is 6.54 Å². The van der Waals surface area contributed by atoms with Crippen molar-refractivity contribution in [1.82, 2.24) is 0 Å². The zero-order chi connectivity index (χ0) is 11.1. The average Bonchev–Trinajstić information content (AvgIpc) is 2.20. The lowest BCUT2D eigenvalue weighted by Crippen LogP contribution is -1.95. The Morgan fingerprint density at radius 1 is 1.20 bits per heavy atom. The second-order valence-corrected chi connectivity index (χ2v) is 4.14. The molecular formula is C14H19N. The fourth-order valence-corrected chi connectivity index (χ4v) is 1.43. The predicted molar refractivity (Wildman–Crippen MR) is 65.5 cm³/mol. The maximum atomic E-state index is 5.37. The summed E-state index contributed by atoms with van der Waals surface area (Å²) < 4.78 is 0. The van der Waals surface area contributed by atoms with Crippen LogP contribution in [0.2, 0.25) is 0 Å². The minimum atomic E-state index is 0.637. The van der Waals surface area contributed by atoms with Crippen LogP contribution in [0.4, 0.5) is 0 Å². The van der Waals surface area contributed by atoms with Crippen LogP contribution in [0.1, 0.15) is 31.4 Å². The number of hydrogen-bond donors (Lipinski definition) is 1. The molecule has 0 aliphatic carbocycles. The van der Waals surface area contributed by atoms with E-state index in [2.05, 4.69) is 50.0 Å². The Labute approximate surface area is 92.7 Å². The third kappa shape index (κ3) is 4.67. The number of nitrogens with two attached hydrogens (primary N) is 1. The average molecular weight is 201 g/mol. The normalized spacial score (nSPS) is 9.87. The summed E-state index contributed by atoms with van der Waals surface area (Å²) in [5, 5.41) is 0. The second kappa shape index (κ2) is 6.27. The standard InChI is InChI=1S/C14H19N/c1-12(2)11-14-8-6-13(7-9-14)5-3-4-10-15/h6-9,12H,4,10-11,15H2,1-2H3. The molecule has 0 radical (unpaired) electrons. The van der Waals surface area contributed by atoms with Crippen LogP contribution >= 0.6 is 0 Å². The molecule has 1 nitrogen and oxygen atoms in total. The molecule has 1 rings (SSSR count). The van der Waals surface area contributed by atoms with Crippen LogP contribution in [0.3, 0.4) is 0 Å². The molecule has 0 saturated carbocycles. The summed E-state index contributed by atoms with van der Waals surface area (Å²) in [5.41, 5.74) is 7.83. The fraction of sp³-hybridized carbons (Fsp3) is 0.429. The fourth-order valence-electron chi connectivity index (χ4n) is 1.43. The summed E-state index contributed by atoms with van der Waals surface area (Å²) >= 11 is 0. The molecule has 1 aromatic carbocycles. The van der Waals surface area contributed by atoms with Crippen molar-refractivity contribution < 1.29 is 0 Å². The molecule has 0 atom stereocenters. The summed E-state index contributed by atoms with van der Waals surface area (Å²) in [5.74, 6) is 6.84. The molecule has 0 unspecified atom stereocenters. The van der Waals surface area contributed by atoms with Gasteiger partial charge in [0.15, 0.2) is 0 Å². The van der Waals surface area contributed by atoms with Crippen molar-refractivity contribution in [2.24, 2.45) is 11.7 Å². The Morgan fingerprint density at radius 3 is 2.40 bits per heavy atom. The lowest BCUT2D eigenvalue weighted by atomic mass is 10.0. The van der Waals surface area contributed by atoms with Crippen LogP contribution in [0.5, 0.6) is 0 Å². The number of hydrogen-bond acceptors (Lipinski definition) is 1. The van der Waals surface area contributed by atoms with Crippen molar-refractivity contribution in [3.05, 3.63) is 35.4 Å². The highest BCUT2D eigenvalue weighted by Crippen LogP contribution is 2.09. The molecule has 0 amide bonds. The van der Waals surface area contributed by atoms with Gasteiger partial charge in [0.05, 0.1) is 0 Å². The Hall–Kier alpha value is -1.26. The van der Waals surface area contributed by atoms with Gasteiger partial charge in [0.2, 0.25) is 0 Å². The lowest BCUT2D eigenvalue weighted by Gasteiger charge is -2.03. The highest BCUT2D eigenvalue weighted by atomic mass is 14.5. The van der Waals surface area contributed by atoms with Gasteiger partial charge in [-0.1, -0.05) is 37.8 Å². The van der Waals surface area contributed by atoms with Gasteiger partial charge in [-0.15, -0.1) is 0 Å². The molecule has 1 heteroatoms. The van der Waals surface area contributed by atoms with Crippen LogP contribution in [0, 0.1) is 17.8 Å². The largest absolute Gasteiger partial charge is 0.330 e. The molecule has 0 aromatic heterocycles. The van der Waals surface area contributed by atoms with Gasteiger partial charge in [-0.2, -0.15) is 0 Å². The molecule has 0 bridgehead atoms. The van der Waals surface area contributed by atoms with Gasteiger partial charge in [0, 0.05) is 18.5 Å². The Kier molecular flexibility index (Phi) is 4.93. The van der Waals surface area contributed by atoms with E-state index in [4.69, 9.17) is 5.73 Å². The molecule has 0 heterocycles. The highest BCUT2D eigenvalue weighted by Gasteiger charge is 1.96. The number of benzene rings is 1. The summed E-state index contributed by atoms with van der Waals surface area (Å²) in [6.45, 7) is 5.10. The molecule has 0 saturated heterocycles. The second-order valence-electron chi connectivity index (χ2n) is 4.14. The predicted octanol–water partition coefficient (Wildman–Crippen LogP) is 2.59. The van der Waals surface area contributed by atoms with Crippen molar-refractivity contribution in [1.29, 1.82) is 0 Å². The van der Waals surface area contributed by atoms with Crippen LogP contribution in [0.25, 0.3) is 0 Å². The minimum absolute atomic E-state index is 0.637. The van der Waals surface area contributed by atoms with Gasteiger partial charge < -0.3 is 5.73 Å². The molecule has 0 fully saturated rings. The third-order valence-electron chi connectivity index (χ3n) is 2.10. The van der Waals surface area contributed by atoms with Gasteiger partial charge in [-0.3, -0.25) is 0 Å². The Balaban J connectivity index is 2.61. The molecule has 0 aliphatic heterocycles. The van der Waals surface area contributed by atoms with Gasteiger partial charge in [-0.25, -0.2) is 0 Å². The van der Waals surface area contributed by atoms with Gasteiger partial charge in [0.1, 0.15) is 0 Å². The molecular weight excluding hydrogens is 182 g/mol. The maximum Gasteiger partial charge on any atom is 0.0245 e. The molecule has 2 N–H and O–H groups in total. The maximum absolute atomic E-state index is 5.37. The third-order valence-corrected chi connectivity index (χ3v) is 2.10. The van der Waals surface area contributed by atoms with E-state index in [0.29, 0.717) is 12.5 Å². The topological polar surface area (TPSA) is 26.0 Å². The first-order valence-corrected chi connectivity index (χ1v) is 5.50. The van der Waals surface area contributed by atoms with E-state index in [-0.39, 0.29) is 0 Å². The number of rotatable bonds is 3. The van der Waals surface area contributed by atoms with Crippen LogP contribution in [-0.2, 0) is 6.42 Å². The monoisotopic (exact) mass is 201 g/mol. The Morgan fingerprint density at radius 2 is 1.87 bits per heavy atom. The minimum Gasteiger partial charge on any atom is -0.330 e. The van der Waals surface area contributed by atoms with Crippen molar-refractivity contribution in [2.75, 3.05) is 6.54 Å². The molecule has 0 aliphatic rings. The van der Waals surface area contributed by atoms with Gasteiger partial charge >= 0.3 is 0 Å². The van der Waals surface area contributed by atoms with Crippen molar-refractivity contribution in [2.45, 2.75) is 26.7 Å². The van der Waals surface area contributed by atoms with Crippen LogP contribution in [0.15, 0.2) is 24.3 Å². The lowest BCUT2D eigenvalue weighted by molar-refractivity contribution is 0.647. The first-order chi connectivity index (χ1) is 7.22. The molecule has 80 valence electrons. The van der Waals surface area contributed by atoms with E-state index in [1.54, 1.807) is 0 Å². The summed E-state index contributed by atoms with van der Waals surface area (Å²) in [7, 11) is 0. The van der Waals surface area contributed by atoms with Crippen molar-refractivity contribution in [3.63, 3.8) is 0 Å². The summed E-state index contributed by atoms with van der Waals surface area (Å²) in [6.07, 6.45) is 1.91. The van der Waals surface area contributed by atoms with E-state index in [0.717, 1.165) is 18.4 Å². The van der Waals surface area contributed by atoms with E-state index in [1.165, 1.54) is 5.56 Å². The van der Waals surface area contributed by atoms with Crippen LogP contribution < -0.4 is 5.73 Å². The zero-order valence-electron chi connectivity index (χ0n) is 9.59. The quantitative estimate of drug-likeness (QED) is 0.747.